The molecule has 1 heterocycles. The van der Waals surface area contributed by atoms with Crippen molar-refractivity contribution in [3.8, 4) is 5.69 Å². The zero-order valence-electron chi connectivity index (χ0n) is 17.1. The summed E-state index contributed by atoms with van der Waals surface area (Å²) in [7, 11) is 1.54. The molecule has 1 N–H and O–H groups in total. The van der Waals surface area contributed by atoms with E-state index < -0.39 is 6.10 Å². The number of ether oxygens (including phenoxy) is 1. The molecule has 1 amide bonds. The van der Waals surface area contributed by atoms with Gasteiger partial charge in [0.25, 0.3) is 5.91 Å². The highest BCUT2D eigenvalue weighted by atomic mass is 16.5. The van der Waals surface area contributed by atoms with Gasteiger partial charge in [-0.25, -0.2) is 4.68 Å². The summed E-state index contributed by atoms with van der Waals surface area (Å²) in [4.78, 5) is 13.0. The number of benzene rings is 2. The Morgan fingerprint density at radius 2 is 1.71 bits per heavy atom. The van der Waals surface area contributed by atoms with Gasteiger partial charge in [-0.1, -0.05) is 68.8 Å². The summed E-state index contributed by atoms with van der Waals surface area (Å²) >= 11 is 0. The highest BCUT2D eigenvalue weighted by Gasteiger charge is 2.25. The average Bonchev–Trinajstić information content (AvgIpc) is 3.08. The van der Waals surface area contributed by atoms with Crippen LogP contribution in [-0.2, 0) is 14.9 Å². The zero-order chi connectivity index (χ0) is 20.3. The van der Waals surface area contributed by atoms with Crippen LogP contribution in [0.4, 0.5) is 5.82 Å². The molecule has 146 valence electrons. The number of rotatable bonds is 5. The quantitative estimate of drug-likeness (QED) is 0.694. The van der Waals surface area contributed by atoms with Gasteiger partial charge in [0.05, 0.1) is 11.4 Å². The number of carbonyl (C=O) groups excluding carboxylic acids is 1. The molecule has 28 heavy (non-hydrogen) atoms. The van der Waals surface area contributed by atoms with Crippen molar-refractivity contribution < 1.29 is 9.53 Å². The lowest BCUT2D eigenvalue weighted by molar-refractivity contribution is -0.126. The molecule has 3 rings (SSSR count). The fourth-order valence-corrected chi connectivity index (χ4v) is 2.93. The van der Waals surface area contributed by atoms with Crippen LogP contribution in [0.3, 0.4) is 0 Å². The molecule has 3 aromatic rings. The first-order valence-corrected chi connectivity index (χ1v) is 9.36. The van der Waals surface area contributed by atoms with E-state index in [0.717, 1.165) is 16.9 Å². The maximum Gasteiger partial charge on any atom is 0.259 e. The Kier molecular flexibility index (Phi) is 5.66. The van der Waals surface area contributed by atoms with E-state index in [9.17, 15) is 4.79 Å². The SMILES string of the molecule is COC(C(=O)Nc1cc(C(C)(C)C)nn1-c1ccc(C)cc1)c1ccccc1. The predicted octanol–water partition coefficient (Wildman–Crippen LogP) is 4.80. The molecule has 5 heteroatoms. The molecule has 0 aliphatic carbocycles. The van der Waals surface area contributed by atoms with Gasteiger partial charge < -0.3 is 10.1 Å². The van der Waals surface area contributed by atoms with Gasteiger partial charge in [0.1, 0.15) is 5.82 Å². The highest BCUT2D eigenvalue weighted by molar-refractivity contribution is 5.94. The summed E-state index contributed by atoms with van der Waals surface area (Å²) in [6, 6.07) is 19.4. The molecule has 0 saturated heterocycles. The summed E-state index contributed by atoms with van der Waals surface area (Å²) in [5.74, 6) is 0.388. The third-order valence-electron chi connectivity index (χ3n) is 4.58. The second-order valence-electron chi connectivity index (χ2n) is 7.93. The number of anilines is 1. The summed E-state index contributed by atoms with van der Waals surface area (Å²) in [6.45, 7) is 8.34. The third kappa shape index (κ3) is 4.31. The molecular weight excluding hydrogens is 350 g/mol. The van der Waals surface area contributed by atoms with Crippen LogP contribution in [0.15, 0.2) is 60.7 Å². The van der Waals surface area contributed by atoms with E-state index in [1.165, 1.54) is 12.7 Å². The number of aromatic nitrogens is 2. The van der Waals surface area contributed by atoms with Crippen LogP contribution in [0, 0.1) is 6.92 Å². The van der Waals surface area contributed by atoms with E-state index in [1.54, 1.807) is 4.68 Å². The minimum atomic E-state index is -0.694. The molecule has 0 spiro atoms. The first kappa shape index (κ1) is 19.8. The maximum absolute atomic E-state index is 13.0. The molecule has 2 aromatic carbocycles. The average molecular weight is 377 g/mol. The molecule has 1 atom stereocenters. The maximum atomic E-state index is 13.0. The summed E-state index contributed by atoms with van der Waals surface area (Å²) in [5, 5.41) is 7.76. The molecule has 0 fully saturated rings. The Bertz CT molecular complexity index is 938. The van der Waals surface area contributed by atoms with E-state index in [2.05, 4.69) is 26.1 Å². The van der Waals surface area contributed by atoms with Crippen LogP contribution >= 0.6 is 0 Å². The Hall–Kier alpha value is -2.92. The lowest BCUT2D eigenvalue weighted by Crippen LogP contribution is -2.24. The third-order valence-corrected chi connectivity index (χ3v) is 4.58. The highest BCUT2D eigenvalue weighted by Crippen LogP contribution is 2.27. The van der Waals surface area contributed by atoms with E-state index in [0.29, 0.717) is 5.82 Å². The first-order valence-electron chi connectivity index (χ1n) is 9.36. The zero-order valence-corrected chi connectivity index (χ0v) is 17.1. The van der Waals surface area contributed by atoms with Gasteiger partial charge in [-0.05, 0) is 24.6 Å². The second-order valence-corrected chi connectivity index (χ2v) is 7.93. The Labute approximate surface area is 166 Å². The first-order chi connectivity index (χ1) is 13.3. The minimum Gasteiger partial charge on any atom is -0.367 e. The van der Waals surface area contributed by atoms with Crippen molar-refractivity contribution in [2.45, 2.75) is 39.2 Å². The number of hydrogen-bond donors (Lipinski definition) is 1. The van der Waals surface area contributed by atoms with E-state index >= 15 is 0 Å². The molecule has 1 unspecified atom stereocenters. The van der Waals surface area contributed by atoms with Gasteiger partial charge in [0, 0.05) is 18.6 Å². The molecule has 0 aliphatic rings. The number of nitrogens with zero attached hydrogens (tertiary/aromatic N) is 2. The Morgan fingerprint density at radius 1 is 1.07 bits per heavy atom. The fraction of sp³-hybridized carbons (Fsp3) is 0.304. The molecule has 5 nitrogen and oxygen atoms in total. The molecule has 0 aliphatic heterocycles. The molecule has 0 radical (unpaired) electrons. The summed E-state index contributed by atoms with van der Waals surface area (Å²) in [5.41, 5.74) is 3.62. The summed E-state index contributed by atoms with van der Waals surface area (Å²) < 4.78 is 7.24. The molecule has 0 saturated carbocycles. The van der Waals surface area contributed by atoms with Gasteiger partial charge in [-0.2, -0.15) is 5.10 Å². The molecular formula is C23H27N3O2. The Balaban J connectivity index is 1.97. The van der Waals surface area contributed by atoms with Crippen LogP contribution in [0.2, 0.25) is 0 Å². The smallest absolute Gasteiger partial charge is 0.259 e. The van der Waals surface area contributed by atoms with Crippen LogP contribution < -0.4 is 5.32 Å². The predicted molar refractivity (Wildman–Crippen MR) is 112 cm³/mol. The van der Waals surface area contributed by atoms with Gasteiger partial charge in [-0.15, -0.1) is 0 Å². The molecule has 1 aromatic heterocycles. The lowest BCUT2D eigenvalue weighted by Gasteiger charge is -2.16. The van der Waals surface area contributed by atoms with Crippen molar-refractivity contribution >= 4 is 11.7 Å². The number of hydrogen-bond acceptors (Lipinski definition) is 3. The minimum absolute atomic E-state index is 0.143. The van der Waals surface area contributed by atoms with E-state index in [-0.39, 0.29) is 11.3 Å². The van der Waals surface area contributed by atoms with E-state index in [4.69, 9.17) is 9.84 Å². The Morgan fingerprint density at radius 3 is 2.29 bits per heavy atom. The molecule has 0 bridgehead atoms. The number of amides is 1. The normalized spacial score (nSPS) is 12.6. The second kappa shape index (κ2) is 7.98. The fourth-order valence-electron chi connectivity index (χ4n) is 2.93. The van der Waals surface area contributed by atoms with Crippen molar-refractivity contribution in [1.82, 2.24) is 9.78 Å². The van der Waals surface area contributed by atoms with Gasteiger partial charge in [0.2, 0.25) is 0 Å². The van der Waals surface area contributed by atoms with Crippen LogP contribution in [0.25, 0.3) is 5.69 Å². The topological polar surface area (TPSA) is 56.1 Å². The van der Waals surface area contributed by atoms with E-state index in [1.807, 2.05) is 67.6 Å². The number of carbonyl (C=O) groups is 1. The standard InChI is InChI=1S/C23H27N3O2/c1-16-11-13-18(14-12-16)26-20(15-19(25-26)23(2,3)4)24-22(27)21(28-5)17-9-7-6-8-10-17/h6-15,21H,1-5H3,(H,24,27). The van der Waals surface area contributed by atoms with Gasteiger partial charge in [-0.3, -0.25) is 4.79 Å². The van der Waals surface area contributed by atoms with Crippen molar-refractivity contribution in [1.29, 1.82) is 0 Å². The van der Waals surface area contributed by atoms with Crippen molar-refractivity contribution in [3.05, 3.63) is 77.5 Å². The van der Waals surface area contributed by atoms with Gasteiger partial charge >= 0.3 is 0 Å². The number of methoxy groups -OCH3 is 1. The van der Waals surface area contributed by atoms with Crippen LogP contribution in [0.5, 0.6) is 0 Å². The van der Waals surface area contributed by atoms with Gasteiger partial charge in [0.15, 0.2) is 6.10 Å². The summed E-state index contributed by atoms with van der Waals surface area (Å²) in [6.07, 6.45) is -0.694. The van der Waals surface area contributed by atoms with Crippen LogP contribution in [0.1, 0.15) is 43.7 Å². The van der Waals surface area contributed by atoms with Crippen molar-refractivity contribution in [2.24, 2.45) is 0 Å². The number of nitrogens with one attached hydrogen (secondary N) is 1. The van der Waals surface area contributed by atoms with Crippen LogP contribution in [-0.4, -0.2) is 22.8 Å². The number of aryl methyl sites for hydroxylation is 1. The largest absolute Gasteiger partial charge is 0.367 e. The van der Waals surface area contributed by atoms with Crippen molar-refractivity contribution in [3.63, 3.8) is 0 Å². The monoisotopic (exact) mass is 377 g/mol. The lowest BCUT2D eigenvalue weighted by atomic mass is 9.92. The van der Waals surface area contributed by atoms with Crippen molar-refractivity contribution in [2.75, 3.05) is 12.4 Å².